The number of rotatable bonds is 5. The lowest BCUT2D eigenvalue weighted by molar-refractivity contribution is -0.185. The number of benzene rings is 1. The fourth-order valence-corrected chi connectivity index (χ4v) is 4.96. The highest BCUT2D eigenvalue weighted by Crippen LogP contribution is 2.39. The molecule has 1 aromatic rings. The van der Waals surface area contributed by atoms with Gasteiger partial charge in [-0.2, -0.15) is 0 Å². The Labute approximate surface area is 149 Å². The molecule has 24 heavy (non-hydrogen) atoms. The number of hydrogen-bond acceptors (Lipinski definition) is 4. The van der Waals surface area contributed by atoms with Gasteiger partial charge in [-0.25, -0.2) is 0 Å². The third-order valence-corrected chi connectivity index (χ3v) is 6.46. The second kappa shape index (κ2) is 7.92. The lowest BCUT2D eigenvalue weighted by Crippen LogP contribution is -2.39. The van der Waals surface area contributed by atoms with E-state index in [1.165, 1.54) is 12.8 Å². The van der Waals surface area contributed by atoms with Gasteiger partial charge >= 0.3 is 5.97 Å². The molecule has 2 aliphatic rings. The molecular formula is C20H28O3S. The molecular weight excluding hydrogens is 320 g/mol. The van der Waals surface area contributed by atoms with E-state index in [-0.39, 0.29) is 17.3 Å². The number of carbonyl (C=O) groups is 1. The fraction of sp³-hybridized carbons (Fsp3) is 0.650. The molecule has 132 valence electrons. The minimum atomic E-state index is -0.417. The summed E-state index contributed by atoms with van der Waals surface area (Å²) >= 11 is 1.69. The summed E-state index contributed by atoms with van der Waals surface area (Å²) in [5.41, 5.74) is 0. The van der Waals surface area contributed by atoms with Crippen molar-refractivity contribution in [3.05, 3.63) is 30.3 Å². The van der Waals surface area contributed by atoms with Crippen molar-refractivity contribution in [2.75, 3.05) is 0 Å². The van der Waals surface area contributed by atoms with Crippen LogP contribution in [0.25, 0.3) is 0 Å². The molecule has 1 aliphatic heterocycles. The van der Waals surface area contributed by atoms with Crippen LogP contribution in [0.2, 0.25) is 0 Å². The molecule has 0 bridgehead atoms. The summed E-state index contributed by atoms with van der Waals surface area (Å²) < 4.78 is 11.9. The van der Waals surface area contributed by atoms with Crippen molar-refractivity contribution in [1.82, 2.24) is 0 Å². The molecule has 3 rings (SSSR count). The first-order valence-corrected chi connectivity index (χ1v) is 9.97. The first-order valence-electron chi connectivity index (χ1n) is 9.09. The topological polar surface area (TPSA) is 35.5 Å². The van der Waals surface area contributed by atoms with E-state index < -0.39 is 6.29 Å². The van der Waals surface area contributed by atoms with Gasteiger partial charge in [-0.1, -0.05) is 45.4 Å². The summed E-state index contributed by atoms with van der Waals surface area (Å²) in [4.78, 5) is 13.0. The Hall–Kier alpha value is -1.00. The Morgan fingerprint density at radius 3 is 2.67 bits per heavy atom. The summed E-state index contributed by atoms with van der Waals surface area (Å²) in [6.45, 7) is 6.84. The third-order valence-electron chi connectivity index (χ3n) is 5.22. The van der Waals surface area contributed by atoms with E-state index in [9.17, 15) is 4.79 Å². The Bertz CT molecular complexity index is 545. The quantitative estimate of drug-likeness (QED) is 0.709. The monoisotopic (exact) mass is 348 g/mol. The number of ether oxygens (including phenoxy) is 2. The molecule has 0 amide bonds. The van der Waals surface area contributed by atoms with Gasteiger partial charge in [0, 0.05) is 4.90 Å². The van der Waals surface area contributed by atoms with Gasteiger partial charge in [0.1, 0.15) is 0 Å². The average Bonchev–Trinajstić information content (AvgIpc) is 2.87. The number of hydrogen-bond donors (Lipinski definition) is 0. The summed E-state index contributed by atoms with van der Waals surface area (Å²) in [6.07, 6.45) is 3.76. The Kier molecular flexibility index (Phi) is 5.88. The van der Waals surface area contributed by atoms with Crippen molar-refractivity contribution in [2.24, 2.45) is 17.8 Å². The van der Waals surface area contributed by atoms with E-state index in [2.05, 4.69) is 32.9 Å². The smallest absolute Gasteiger partial charge is 0.309 e. The van der Waals surface area contributed by atoms with E-state index in [0.717, 1.165) is 11.3 Å². The molecule has 3 nitrogen and oxygen atoms in total. The van der Waals surface area contributed by atoms with Crippen LogP contribution in [0.4, 0.5) is 0 Å². The summed E-state index contributed by atoms with van der Waals surface area (Å²) in [6, 6.07) is 10.2. The van der Waals surface area contributed by atoms with Crippen molar-refractivity contribution in [3.8, 4) is 0 Å². The number of cyclic esters (lactones) is 1. The first-order chi connectivity index (χ1) is 11.5. The van der Waals surface area contributed by atoms with Gasteiger partial charge in [-0.3, -0.25) is 4.79 Å². The second-order valence-electron chi connectivity index (χ2n) is 7.53. The van der Waals surface area contributed by atoms with Crippen LogP contribution in [0.1, 0.15) is 46.5 Å². The zero-order valence-corrected chi connectivity index (χ0v) is 15.6. The Morgan fingerprint density at radius 1 is 1.21 bits per heavy atom. The Morgan fingerprint density at radius 2 is 1.96 bits per heavy atom. The van der Waals surface area contributed by atoms with Crippen molar-refractivity contribution < 1.29 is 14.3 Å². The van der Waals surface area contributed by atoms with Crippen molar-refractivity contribution in [1.29, 1.82) is 0 Å². The van der Waals surface area contributed by atoms with Gasteiger partial charge in [0.05, 0.1) is 17.8 Å². The highest BCUT2D eigenvalue weighted by Gasteiger charge is 2.41. The minimum absolute atomic E-state index is 0.0462. The van der Waals surface area contributed by atoms with Crippen molar-refractivity contribution in [2.45, 2.75) is 69.0 Å². The van der Waals surface area contributed by atoms with Crippen LogP contribution in [0.3, 0.4) is 0 Å². The molecule has 0 aromatic heterocycles. The summed E-state index contributed by atoms with van der Waals surface area (Å²) in [5, 5.41) is 0.0462. The van der Waals surface area contributed by atoms with E-state index in [1.807, 2.05) is 18.2 Å². The fourth-order valence-electron chi connectivity index (χ4n) is 3.84. The molecule has 4 heteroatoms. The number of carbonyl (C=O) groups excluding carboxylic acids is 1. The predicted octanol–water partition coefficient (Wildman–Crippen LogP) is 4.90. The van der Waals surface area contributed by atoms with E-state index in [0.29, 0.717) is 24.2 Å². The normalized spacial score (nSPS) is 33.7. The van der Waals surface area contributed by atoms with E-state index in [4.69, 9.17) is 9.47 Å². The van der Waals surface area contributed by atoms with Crippen LogP contribution in [0.15, 0.2) is 35.2 Å². The largest absolute Gasteiger partial charge is 0.434 e. The maximum atomic E-state index is 11.9. The maximum Gasteiger partial charge on any atom is 0.309 e. The lowest BCUT2D eigenvalue weighted by Gasteiger charge is -2.38. The zero-order chi connectivity index (χ0) is 17.1. The molecule has 1 aromatic carbocycles. The van der Waals surface area contributed by atoms with E-state index >= 15 is 0 Å². The number of esters is 1. The standard InChI is InChI=1S/C20H28O3S/c1-13(2)16-10-9-14(3)11-17(16)22-20-18(12-19(21)23-20)24-15-7-5-4-6-8-15/h4-8,13-14,16-18,20H,9-12H2,1-3H3/t14-,16+,17?,18-,20-/m1/s1. The number of thioether (sulfide) groups is 1. The first kappa shape index (κ1) is 17.8. The van der Waals surface area contributed by atoms with Crippen molar-refractivity contribution >= 4 is 17.7 Å². The molecule has 1 aliphatic carbocycles. The van der Waals surface area contributed by atoms with Gasteiger partial charge in [0.15, 0.2) is 0 Å². The molecule has 2 fully saturated rings. The molecule has 1 unspecified atom stereocenters. The van der Waals surface area contributed by atoms with Crippen molar-refractivity contribution in [3.63, 3.8) is 0 Å². The van der Waals surface area contributed by atoms with E-state index in [1.54, 1.807) is 11.8 Å². The summed E-state index contributed by atoms with van der Waals surface area (Å²) in [5.74, 6) is 1.70. The predicted molar refractivity (Wildman–Crippen MR) is 96.8 cm³/mol. The van der Waals surface area contributed by atoms with Crippen LogP contribution < -0.4 is 0 Å². The zero-order valence-electron chi connectivity index (χ0n) is 14.8. The van der Waals surface area contributed by atoms with Crippen LogP contribution >= 0.6 is 11.8 Å². The maximum absolute atomic E-state index is 11.9. The third kappa shape index (κ3) is 4.34. The van der Waals surface area contributed by atoms with Crippen LogP contribution in [-0.4, -0.2) is 23.6 Å². The SMILES string of the molecule is CC(C)[C@@H]1CC[C@@H](C)CC1O[C@@H]1OC(=O)C[C@H]1Sc1ccccc1. The molecule has 1 heterocycles. The van der Waals surface area contributed by atoms with Gasteiger partial charge in [-0.15, -0.1) is 11.8 Å². The summed E-state index contributed by atoms with van der Waals surface area (Å²) in [7, 11) is 0. The molecule has 0 radical (unpaired) electrons. The van der Waals surface area contributed by atoms with Gasteiger partial charge in [0.2, 0.25) is 6.29 Å². The minimum Gasteiger partial charge on any atom is -0.434 e. The second-order valence-corrected chi connectivity index (χ2v) is 8.84. The van der Waals surface area contributed by atoms with Gasteiger partial charge < -0.3 is 9.47 Å². The molecule has 1 saturated heterocycles. The van der Waals surface area contributed by atoms with Crippen LogP contribution in [-0.2, 0) is 14.3 Å². The highest BCUT2D eigenvalue weighted by molar-refractivity contribution is 8.00. The average molecular weight is 349 g/mol. The highest BCUT2D eigenvalue weighted by atomic mass is 32.2. The van der Waals surface area contributed by atoms with Crippen LogP contribution in [0, 0.1) is 17.8 Å². The lowest BCUT2D eigenvalue weighted by atomic mass is 9.75. The Balaban J connectivity index is 1.68. The molecule has 1 saturated carbocycles. The molecule has 0 N–H and O–H groups in total. The van der Waals surface area contributed by atoms with Gasteiger partial charge in [0.25, 0.3) is 0 Å². The molecule has 5 atom stereocenters. The molecule has 0 spiro atoms. The van der Waals surface area contributed by atoms with Crippen LogP contribution in [0.5, 0.6) is 0 Å². The van der Waals surface area contributed by atoms with Gasteiger partial charge in [-0.05, 0) is 42.7 Å².